The van der Waals surface area contributed by atoms with Gasteiger partial charge in [0.25, 0.3) is 0 Å². The molecule has 0 aliphatic heterocycles. The maximum absolute atomic E-state index is 12.4. The van der Waals surface area contributed by atoms with Crippen molar-refractivity contribution in [1.29, 1.82) is 0 Å². The maximum Gasteiger partial charge on any atom is 0.230 e. The quantitative estimate of drug-likeness (QED) is 0.405. The Labute approximate surface area is 191 Å². The monoisotopic (exact) mass is 455 g/mol. The van der Waals surface area contributed by atoms with Gasteiger partial charge in [-0.25, -0.2) is 9.97 Å². The molecule has 0 bridgehead atoms. The van der Waals surface area contributed by atoms with Crippen LogP contribution < -0.4 is 4.90 Å². The number of aryl methyl sites for hydroxylation is 2. The number of thioether (sulfide) groups is 1. The lowest BCUT2D eigenvalue weighted by Crippen LogP contribution is -2.23. The smallest absolute Gasteiger partial charge is 0.230 e. The van der Waals surface area contributed by atoms with Gasteiger partial charge >= 0.3 is 0 Å². The number of nitrogens with zero attached hydrogens (tertiary/aromatic N) is 4. The van der Waals surface area contributed by atoms with E-state index in [-0.39, 0.29) is 5.91 Å². The van der Waals surface area contributed by atoms with Crippen molar-refractivity contribution in [3.63, 3.8) is 0 Å². The van der Waals surface area contributed by atoms with Gasteiger partial charge < -0.3 is 0 Å². The standard InChI is InChI=1S/C23H29N5OS2/c1-3-18-10-6-7-11-20(18)28(16(2)29)23-24-19(15-31-23)14-30-22-25-21(26-27-22)13-12-17-8-4-5-9-17/h6-7,10-11,15,17H,3-5,8-9,12-14H2,1-2H3,(H,25,26,27). The second-order valence-electron chi connectivity index (χ2n) is 8.00. The van der Waals surface area contributed by atoms with Gasteiger partial charge in [-0.05, 0) is 30.4 Å². The van der Waals surface area contributed by atoms with Crippen molar-refractivity contribution in [3.05, 3.63) is 46.7 Å². The number of hydrogen-bond donors (Lipinski definition) is 1. The Kier molecular flexibility index (Phi) is 7.40. The summed E-state index contributed by atoms with van der Waals surface area (Å²) in [5.41, 5.74) is 2.98. The van der Waals surface area contributed by atoms with E-state index >= 15 is 0 Å². The van der Waals surface area contributed by atoms with Crippen molar-refractivity contribution in [3.8, 4) is 0 Å². The summed E-state index contributed by atoms with van der Waals surface area (Å²) in [4.78, 5) is 23.5. The summed E-state index contributed by atoms with van der Waals surface area (Å²) in [7, 11) is 0. The second-order valence-corrected chi connectivity index (χ2v) is 9.78. The van der Waals surface area contributed by atoms with E-state index in [4.69, 9.17) is 4.98 Å². The summed E-state index contributed by atoms with van der Waals surface area (Å²) in [6.07, 6.45) is 8.52. The van der Waals surface area contributed by atoms with Crippen LogP contribution in [0, 0.1) is 5.92 Å². The summed E-state index contributed by atoms with van der Waals surface area (Å²) in [5.74, 6) is 2.48. The second kappa shape index (κ2) is 10.4. The van der Waals surface area contributed by atoms with Crippen LogP contribution in [0.4, 0.5) is 10.8 Å². The van der Waals surface area contributed by atoms with Crippen LogP contribution in [-0.2, 0) is 23.4 Å². The fraction of sp³-hybridized carbons (Fsp3) is 0.478. The average molecular weight is 456 g/mol. The Balaban J connectivity index is 1.38. The molecule has 1 N–H and O–H groups in total. The van der Waals surface area contributed by atoms with Crippen molar-refractivity contribution in [2.75, 3.05) is 4.90 Å². The van der Waals surface area contributed by atoms with Gasteiger partial charge in [-0.1, -0.05) is 62.6 Å². The molecule has 1 aliphatic rings. The van der Waals surface area contributed by atoms with Crippen molar-refractivity contribution >= 4 is 39.8 Å². The summed E-state index contributed by atoms with van der Waals surface area (Å²) in [5, 5.41) is 10.9. The van der Waals surface area contributed by atoms with Crippen molar-refractivity contribution in [2.24, 2.45) is 5.92 Å². The molecule has 2 heterocycles. The number of nitrogens with one attached hydrogen (secondary N) is 1. The number of benzene rings is 1. The van der Waals surface area contributed by atoms with Crippen molar-refractivity contribution in [2.45, 2.75) is 69.7 Å². The molecule has 1 saturated carbocycles. The van der Waals surface area contributed by atoms with Gasteiger partial charge in [-0.2, -0.15) is 0 Å². The number of carbonyl (C=O) groups is 1. The number of aromatic nitrogens is 4. The molecule has 1 amide bonds. The molecule has 0 saturated heterocycles. The van der Waals surface area contributed by atoms with Gasteiger partial charge in [-0.3, -0.25) is 14.8 Å². The van der Waals surface area contributed by atoms with E-state index < -0.39 is 0 Å². The van der Waals surface area contributed by atoms with Crippen molar-refractivity contribution < 1.29 is 4.79 Å². The Morgan fingerprint density at radius 2 is 2.06 bits per heavy atom. The molecular weight excluding hydrogens is 426 g/mol. The van der Waals surface area contributed by atoms with Crippen LogP contribution in [0.3, 0.4) is 0 Å². The van der Waals surface area contributed by atoms with Crippen LogP contribution in [-0.4, -0.2) is 26.1 Å². The number of H-pyrrole nitrogens is 1. The van der Waals surface area contributed by atoms with E-state index in [2.05, 4.69) is 28.2 Å². The number of carbonyl (C=O) groups excluding carboxylic acids is 1. The molecule has 164 valence electrons. The molecule has 0 spiro atoms. The highest BCUT2D eigenvalue weighted by Gasteiger charge is 2.20. The van der Waals surface area contributed by atoms with Crippen LogP contribution in [0.25, 0.3) is 0 Å². The average Bonchev–Trinajstić information content (AvgIpc) is 3.53. The van der Waals surface area contributed by atoms with Crippen LogP contribution in [0.1, 0.15) is 63.0 Å². The lowest BCUT2D eigenvalue weighted by molar-refractivity contribution is -0.115. The van der Waals surface area contributed by atoms with Gasteiger partial charge in [0.15, 0.2) is 5.13 Å². The molecule has 6 nitrogen and oxygen atoms in total. The molecule has 0 atom stereocenters. The Morgan fingerprint density at radius 1 is 1.26 bits per heavy atom. The highest BCUT2D eigenvalue weighted by atomic mass is 32.2. The number of rotatable bonds is 9. The molecule has 0 unspecified atom stereocenters. The molecule has 31 heavy (non-hydrogen) atoms. The first kappa shape index (κ1) is 22.0. The number of amides is 1. The highest BCUT2D eigenvalue weighted by molar-refractivity contribution is 7.98. The zero-order valence-corrected chi connectivity index (χ0v) is 19.8. The number of thiazole rings is 1. The van der Waals surface area contributed by atoms with E-state index in [1.165, 1.54) is 43.4 Å². The minimum Gasteiger partial charge on any atom is -0.274 e. The summed E-state index contributed by atoms with van der Waals surface area (Å²) >= 11 is 3.07. The SMILES string of the molecule is CCc1ccccc1N(C(C)=O)c1nc(CSc2n[nH]c(CCC3CCCC3)n2)cs1. The lowest BCUT2D eigenvalue weighted by atomic mass is 10.0. The Morgan fingerprint density at radius 3 is 2.84 bits per heavy atom. The highest BCUT2D eigenvalue weighted by Crippen LogP contribution is 2.33. The Hall–Kier alpha value is -2.19. The normalized spacial score (nSPS) is 14.3. The third-order valence-corrected chi connectivity index (χ3v) is 7.54. The maximum atomic E-state index is 12.4. The molecule has 3 aromatic rings. The largest absolute Gasteiger partial charge is 0.274 e. The van der Waals surface area contributed by atoms with Crippen LogP contribution >= 0.6 is 23.1 Å². The Bertz CT molecular complexity index is 1010. The minimum absolute atomic E-state index is 0.0321. The predicted molar refractivity (Wildman–Crippen MR) is 127 cm³/mol. The lowest BCUT2D eigenvalue weighted by Gasteiger charge is -2.20. The van der Waals surface area contributed by atoms with E-state index in [9.17, 15) is 4.79 Å². The third-order valence-electron chi connectivity index (χ3n) is 5.78. The van der Waals surface area contributed by atoms with Crippen molar-refractivity contribution in [1.82, 2.24) is 20.2 Å². The fourth-order valence-electron chi connectivity index (χ4n) is 4.13. The van der Waals surface area contributed by atoms with Gasteiger partial charge in [0.1, 0.15) is 5.82 Å². The molecule has 4 rings (SSSR count). The number of para-hydroxylation sites is 1. The van der Waals surface area contributed by atoms with Crippen LogP contribution in [0.2, 0.25) is 0 Å². The van der Waals surface area contributed by atoms with E-state index in [0.717, 1.165) is 46.7 Å². The molecule has 2 aromatic heterocycles. The van der Waals surface area contributed by atoms with Gasteiger partial charge in [0.2, 0.25) is 11.1 Å². The van der Waals surface area contributed by atoms with Crippen LogP contribution in [0.5, 0.6) is 0 Å². The molecule has 8 heteroatoms. The summed E-state index contributed by atoms with van der Waals surface area (Å²) in [6.45, 7) is 3.68. The summed E-state index contributed by atoms with van der Waals surface area (Å²) in [6, 6.07) is 8.01. The number of aromatic amines is 1. The van der Waals surface area contributed by atoms with E-state index in [1.807, 2.05) is 23.6 Å². The third kappa shape index (κ3) is 5.54. The molecule has 1 aliphatic carbocycles. The molecule has 1 aromatic carbocycles. The molecule has 1 fully saturated rings. The molecular formula is C23H29N5OS2. The van der Waals surface area contributed by atoms with E-state index in [1.54, 1.807) is 23.6 Å². The van der Waals surface area contributed by atoms with Gasteiger partial charge in [-0.15, -0.1) is 16.4 Å². The van der Waals surface area contributed by atoms with Gasteiger partial charge in [0.05, 0.1) is 11.4 Å². The first-order chi connectivity index (χ1) is 15.1. The van der Waals surface area contributed by atoms with Gasteiger partial charge in [0, 0.05) is 24.5 Å². The van der Waals surface area contributed by atoms with E-state index in [0.29, 0.717) is 10.9 Å². The zero-order chi connectivity index (χ0) is 21.6. The van der Waals surface area contributed by atoms with Crippen LogP contribution in [0.15, 0.2) is 34.8 Å². The topological polar surface area (TPSA) is 74.8 Å². The zero-order valence-electron chi connectivity index (χ0n) is 18.1. The summed E-state index contributed by atoms with van der Waals surface area (Å²) < 4.78 is 0. The fourth-order valence-corrected chi connectivity index (χ4v) is 5.83. The first-order valence-corrected chi connectivity index (χ1v) is 12.9. The first-order valence-electron chi connectivity index (χ1n) is 11.0. The minimum atomic E-state index is -0.0321. The number of anilines is 2. The molecule has 0 radical (unpaired) electrons. The predicted octanol–water partition coefficient (Wildman–Crippen LogP) is 5.92. The number of hydrogen-bond acceptors (Lipinski definition) is 6.